The maximum Gasteiger partial charge on any atom is 0.134 e. The molecule has 3 nitrogen and oxygen atoms in total. The highest BCUT2D eigenvalue weighted by molar-refractivity contribution is 7.99. The molecule has 1 atom stereocenters. The van der Waals surface area contributed by atoms with E-state index >= 15 is 0 Å². The zero-order valence-corrected chi connectivity index (χ0v) is 9.07. The molecule has 0 radical (unpaired) electrons. The van der Waals surface area contributed by atoms with Gasteiger partial charge in [-0.05, 0) is 12.2 Å². The van der Waals surface area contributed by atoms with E-state index in [4.69, 9.17) is 0 Å². The van der Waals surface area contributed by atoms with Crippen molar-refractivity contribution in [2.45, 2.75) is 38.6 Å². The summed E-state index contributed by atoms with van der Waals surface area (Å²) >= 11 is 1.66. The molecule has 0 saturated heterocycles. The smallest absolute Gasteiger partial charge is 0.134 e. The highest BCUT2D eigenvalue weighted by Gasteiger charge is 2.05. The van der Waals surface area contributed by atoms with Crippen LogP contribution in [-0.4, -0.2) is 23.5 Å². The van der Waals surface area contributed by atoms with E-state index in [1.54, 1.807) is 11.8 Å². The Balaban J connectivity index is 3.11. The number of quaternary nitrogens is 1. The molecule has 0 fully saturated rings. The number of carbonyl (C=O) groups is 1. The number of carboxylic acids is 1. The summed E-state index contributed by atoms with van der Waals surface area (Å²) in [6, 6.07) is -0.559. The maximum atomic E-state index is 10.3. The zero-order valence-electron chi connectivity index (χ0n) is 8.25. The molecule has 4 heteroatoms. The summed E-state index contributed by atoms with van der Waals surface area (Å²) in [6.45, 7) is 2.18. The van der Waals surface area contributed by atoms with Crippen LogP contribution in [0.5, 0.6) is 0 Å². The van der Waals surface area contributed by atoms with E-state index in [1.807, 2.05) is 0 Å². The third kappa shape index (κ3) is 8.12. The number of rotatable bonds is 8. The van der Waals surface area contributed by atoms with Crippen LogP contribution in [0.3, 0.4) is 0 Å². The van der Waals surface area contributed by atoms with Crippen LogP contribution in [0.25, 0.3) is 0 Å². The number of carboxylic acid groups (broad SMARTS) is 1. The van der Waals surface area contributed by atoms with Crippen molar-refractivity contribution < 1.29 is 15.6 Å². The van der Waals surface area contributed by atoms with E-state index in [1.165, 1.54) is 25.7 Å². The second-order valence-electron chi connectivity index (χ2n) is 3.15. The summed E-state index contributed by atoms with van der Waals surface area (Å²) in [6.07, 6.45) is 4.94. The minimum Gasteiger partial charge on any atom is -0.544 e. The number of hydrogen-bond acceptors (Lipinski definition) is 3. The van der Waals surface area contributed by atoms with Gasteiger partial charge in [0.2, 0.25) is 0 Å². The molecule has 0 aromatic carbocycles. The third-order valence-electron chi connectivity index (χ3n) is 1.79. The molecule has 0 spiro atoms. The van der Waals surface area contributed by atoms with Gasteiger partial charge in [-0.25, -0.2) is 0 Å². The van der Waals surface area contributed by atoms with Crippen LogP contribution < -0.4 is 10.8 Å². The summed E-state index contributed by atoms with van der Waals surface area (Å²) in [5.41, 5.74) is 3.49. The molecular weight excluding hydrogens is 186 g/mol. The number of aliphatic carboxylic acids is 1. The number of carbonyl (C=O) groups excluding carboxylic acids is 1. The number of hydrogen-bond donors (Lipinski definition) is 1. The van der Waals surface area contributed by atoms with Gasteiger partial charge in [0, 0.05) is 0 Å². The average Bonchev–Trinajstić information content (AvgIpc) is 2.10. The van der Waals surface area contributed by atoms with Crippen molar-refractivity contribution in [3.05, 3.63) is 0 Å². The van der Waals surface area contributed by atoms with Crippen LogP contribution in [0.4, 0.5) is 0 Å². The Bertz CT molecular complexity index is 142. The molecule has 0 aromatic rings. The fourth-order valence-corrected chi connectivity index (χ4v) is 1.92. The lowest BCUT2D eigenvalue weighted by molar-refractivity contribution is -0.431. The minimum absolute atomic E-state index is 0.559. The summed E-state index contributed by atoms with van der Waals surface area (Å²) in [5.74, 6) is 0.578. The molecule has 0 heterocycles. The van der Waals surface area contributed by atoms with Crippen molar-refractivity contribution in [3.8, 4) is 0 Å². The SMILES string of the molecule is CCCCCCSC[C@H]([NH3+])C(=O)[O-]. The summed E-state index contributed by atoms with van der Waals surface area (Å²) < 4.78 is 0. The molecule has 0 aliphatic rings. The van der Waals surface area contributed by atoms with Crippen LogP contribution in [-0.2, 0) is 4.79 Å². The maximum absolute atomic E-state index is 10.3. The van der Waals surface area contributed by atoms with E-state index < -0.39 is 12.0 Å². The van der Waals surface area contributed by atoms with E-state index in [0.29, 0.717) is 5.75 Å². The Morgan fingerprint density at radius 3 is 2.69 bits per heavy atom. The largest absolute Gasteiger partial charge is 0.544 e. The summed E-state index contributed by atoms with van der Waals surface area (Å²) in [5, 5.41) is 10.3. The van der Waals surface area contributed by atoms with Crippen molar-refractivity contribution in [2.24, 2.45) is 0 Å². The van der Waals surface area contributed by atoms with Crippen molar-refractivity contribution in [1.29, 1.82) is 0 Å². The second-order valence-corrected chi connectivity index (χ2v) is 4.30. The molecule has 0 bridgehead atoms. The molecule has 0 amide bonds. The molecule has 0 aliphatic heterocycles. The summed E-state index contributed by atoms with van der Waals surface area (Å²) in [4.78, 5) is 10.3. The third-order valence-corrected chi connectivity index (χ3v) is 3.01. The topological polar surface area (TPSA) is 67.8 Å². The second kappa shape index (κ2) is 8.38. The molecule has 13 heavy (non-hydrogen) atoms. The fraction of sp³-hybridized carbons (Fsp3) is 0.889. The van der Waals surface area contributed by atoms with Crippen molar-refractivity contribution >= 4 is 17.7 Å². The monoisotopic (exact) mass is 205 g/mol. The van der Waals surface area contributed by atoms with E-state index in [2.05, 4.69) is 12.7 Å². The first kappa shape index (κ1) is 12.8. The fourth-order valence-electron chi connectivity index (χ4n) is 0.925. The van der Waals surface area contributed by atoms with Gasteiger partial charge >= 0.3 is 0 Å². The first-order valence-electron chi connectivity index (χ1n) is 4.80. The Morgan fingerprint density at radius 2 is 2.15 bits per heavy atom. The lowest BCUT2D eigenvalue weighted by Crippen LogP contribution is -2.69. The quantitative estimate of drug-likeness (QED) is 0.551. The number of thioether (sulfide) groups is 1. The molecule has 0 unspecified atom stereocenters. The molecule has 0 saturated carbocycles. The predicted molar refractivity (Wildman–Crippen MR) is 53.2 cm³/mol. The molecule has 0 rings (SSSR count). The molecule has 0 aliphatic carbocycles. The van der Waals surface area contributed by atoms with Crippen LogP contribution in [0.15, 0.2) is 0 Å². The van der Waals surface area contributed by atoms with Crippen molar-refractivity contribution in [3.63, 3.8) is 0 Å². The standard InChI is InChI=1S/C9H19NO2S/c1-2-3-4-5-6-13-7-8(10)9(11)12/h8H,2-7,10H2,1H3,(H,11,12)/t8-/m0/s1. The van der Waals surface area contributed by atoms with Crippen LogP contribution in [0, 0.1) is 0 Å². The van der Waals surface area contributed by atoms with Gasteiger partial charge in [-0.15, -0.1) is 0 Å². The zero-order chi connectivity index (χ0) is 10.1. The molecule has 0 aromatic heterocycles. The van der Waals surface area contributed by atoms with Crippen molar-refractivity contribution in [1.82, 2.24) is 0 Å². The normalized spacial score (nSPS) is 12.8. The van der Waals surface area contributed by atoms with Gasteiger partial charge in [-0.1, -0.05) is 26.2 Å². The van der Waals surface area contributed by atoms with Gasteiger partial charge in [0.25, 0.3) is 0 Å². The van der Waals surface area contributed by atoms with Crippen LogP contribution >= 0.6 is 11.8 Å². The van der Waals surface area contributed by atoms with E-state index in [0.717, 1.165) is 5.75 Å². The van der Waals surface area contributed by atoms with Gasteiger partial charge in [0.1, 0.15) is 6.04 Å². The molecular formula is C9H19NO2S. The minimum atomic E-state index is -1.04. The molecule has 78 valence electrons. The van der Waals surface area contributed by atoms with E-state index in [9.17, 15) is 9.90 Å². The lowest BCUT2D eigenvalue weighted by atomic mass is 10.2. The Labute approximate surface area is 84.1 Å². The van der Waals surface area contributed by atoms with E-state index in [-0.39, 0.29) is 0 Å². The first-order valence-corrected chi connectivity index (χ1v) is 5.95. The molecule has 3 N–H and O–H groups in total. The summed E-state index contributed by atoms with van der Waals surface area (Å²) in [7, 11) is 0. The lowest BCUT2D eigenvalue weighted by Gasteiger charge is -2.08. The van der Waals surface area contributed by atoms with Crippen molar-refractivity contribution in [2.75, 3.05) is 11.5 Å². The highest BCUT2D eigenvalue weighted by atomic mass is 32.2. The van der Waals surface area contributed by atoms with Crippen LogP contribution in [0.2, 0.25) is 0 Å². The van der Waals surface area contributed by atoms with Gasteiger partial charge in [-0.2, -0.15) is 11.8 Å². The Morgan fingerprint density at radius 1 is 1.46 bits per heavy atom. The average molecular weight is 205 g/mol. The van der Waals surface area contributed by atoms with Crippen LogP contribution in [0.1, 0.15) is 32.6 Å². The number of unbranched alkanes of at least 4 members (excludes halogenated alkanes) is 3. The van der Waals surface area contributed by atoms with Gasteiger partial charge < -0.3 is 15.6 Å². The highest BCUT2D eigenvalue weighted by Crippen LogP contribution is 2.07. The predicted octanol–water partition coefficient (Wildman–Crippen LogP) is -0.340. The van der Waals surface area contributed by atoms with Gasteiger partial charge in [0.15, 0.2) is 0 Å². The Kier molecular flexibility index (Phi) is 8.24. The Hall–Kier alpha value is -0.220. The first-order chi connectivity index (χ1) is 6.18. The van der Waals surface area contributed by atoms with Gasteiger partial charge in [-0.3, -0.25) is 0 Å². The van der Waals surface area contributed by atoms with Gasteiger partial charge in [0.05, 0.1) is 11.7 Å².